The van der Waals surface area contributed by atoms with Gasteiger partial charge in [0.05, 0.1) is 11.5 Å². The quantitative estimate of drug-likeness (QED) is 0.803. The van der Waals surface area contributed by atoms with Gasteiger partial charge < -0.3 is 11.1 Å². The zero-order chi connectivity index (χ0) is 17.7. The van der Waals surface area contributed by atoms with E-state index in [1.54, 1.807) is 0 Å². The molecule has 1 aromatic rings. The number of halogens is 4. The molecule has 0 spiro atoms. The summed E-state index contributed by atoms with van der Waals surface area (Å²) >= 11 is 0. The Hall–Kier alpha value is -1.67. The Labute approximate surface area is 138 Å². The molecule has 4 nitrogen and oxygen atoms in total. The van der Waals surface area contributed by atoms with Crippen molar-refractivity contribution in [1.29, 1.82) is 0 Å². The minimum absolute atomic E-state index is 0.0831. The van der Waals surface area contributed by atoms with Gasteiger partial charge in [-0.1, -0.05) is 6.07 Å². The molecule has 134 valence electrons. The van der Waals surface area contributed by atoms with E-state index >= 15 is 0 Å². The molecule has 1 saturated heterocycles. The van der Waals surface area contributed by atoms with Crippen molar-refractivity contribution in [3.63, 3.8) is 0 Å². The van der Waals surface area contributed by atoms with Crippen LogP contribution in [0.15, 0.2) is 18.2 Å². The number of nitrogens with one attached hydrogen (secondary N) is 1. The van der Waals surface area contributed by atoms with E-state index in [1.165, 1.54) is 6.07 Å². The van der Waals surface area contributed by atoms with Gasteiger partial charge in [0.25, 0.3) is 0 Å². The number of amides is 1. The smallest absolute Gasteiger partial charge is 0.355 e. The Morgan fingerprint density at radius 3 is 2.79 bits per heavy atom. The zero-order valence-corrected chi connectivity index (χ0v) is 13.2. The lowest BCUT2D eigenvalue weighted by Crippen LogP contribution is -2.43. The van der Waals surface area contributed by atoms with Gasteiger partial charge in [0, 0.05) is 26.2 Å². The average molecular weight is 347 g/mol. The summed E-state index contributed by atoms with van der Waals surface area (Å²) in [5.41, 5.74) is 4.48. The van der Waals surface area contributed by atoms with Gasteiger partial charge >= 0.3 is 6.18 Å². The van der Waals surface area contributed by atoms with Crippen LogP contribution in [0.1, 0.15) is 24.0 Å². The molecule has 0 radical (unpaired) electrons. The third kappa shape index (κ3) is 4.91. The average Bonchev–Trinajstić information content (AvgIpc) is 2.53. The topological polar surface area (TPSA) is 58.4 Å². The number of carbonyl (C=O) groups excluding carboxylic acids is 1. The molecule has 8 heteroatoms. The monoisotopic (exact) mass is 347 g/mol. The molecule has 1 aromatic carbocycles. The van der Waals surface area contributed by atoms with Crippen LogP contribution in [-0.2, 0) is 17.5 Å². The first-order valence-corrected chi connectivity index (χ1v) is 7.87. The van der Waals surface area contributed by atoms with Crippen molar-refractivity contribution in [3.05, 3.63) is 35.1 Å². The molecule has 0 bridgehead atoms. The Bertz CT molecular complexity index is 577. The van der Waals surface area contributed by atoms with E-state index in [0.717, 1.165) is 25.0 Å². The van der Waals surface area contributed by atoms with Gasteiger partial charge in [0.2, 0.25) is 5.91 Å². The Morgan fingerprint density at radius 2 is 2.12 bits per heavy atom. The van der Waals surface area contributed by atoms with E-state index < -0.39 is 17.6 Å². The number of hydrogen-bond acceptors (Lipinski definition) is 3. The summed E-state index contributed by atoms with van der Waals surface area (Å²) in [5.74, 6) is -1.56. The number of nitrogens with two attached hydrogens (primary N) is 1. The van der Waals surface area contributed by atoms with E-state index in [2.05, 4.69) is 5.32 Å². The summed E-state index contributed by atoms with van der Waals surface area (Å²) in [5, 5.41) is 2.73. The van der Waals surface area contributed by atoms with Crippen LogP contribution in [0, 0.1) is 11.7 Å². The lowest BCUT2D eigenvalue weighted by atomic mass is 9.96. The van der Waals surface area contributed by atoms with Gasteiger partial charge in [-0.3, -0.25) is 9.69 Å². The van der Waals surface area contributed by atoms with Crippen molar-refractivity contribution in [2.75, 3.05) is 26.2 Å². The molecule has 1 aliphatic heterocycles. The molecule has 1 fully saturated rings. The Balaban J connectivity index is 2.02. The predicted molar refractivity (Wildman–Crippen MR) is 81.5 cm³/mol. The molecule has 1 amide bonds. The summed E-state index contributed by atoms with van der Waals surface area (Å²) in [6.07, 6.45) is -3.19. The highest BCUT2D eigenvalue weighted by atomic mass is 19.4. The second-order valence-corrected chi connectivity index (χ2v) is 5.97. The van der Waals surface area contributed by atoms with Crippen molar-refractivity contribution >= 4 is 5.91 Å². The molecule has 0 aliphatic carbocycles. The number of alkyl halides is 3. The number of likely N-dealkylation sites (tertiary alicyclic amines) is 1. The van der Waals surface area contributed by atoms with Crippen molar-refractivity contribution in [1.82, 2.24) is 10.2 Å². The SMILES string of the molecule is NCCNC(=O)C1CCCN(Cc2ccc(F)c(C(F)(F)F)c2)C1. The number of benzene rings is 1. The van der Waals surface area contributed by atoms with Gasteiger partial charge in [-0.05, 0) is 37.1 Å². The summed E-state index contributed by atoms with van der Waals surface area (Å²) in [4.78, 5) is 13.9. The van der Waals surface area contributed by atoms with Gasteiger partial charge in [0.15, 0.2) is 0 Å². The Morgan fingerprint density at radius 1 is 1.38 bits per heavy atom. The van der Waals surface area contributed by atoms with E-state index in [9.17, 15) is 22.4 Å². The van der Waals surface area contributed by atoms with E-state index in [-0.39, 0.29) is 18.4 Å². The summed E-state index contributed by atoms with van der Waals surface area (Å²) in [7, 11) is 0. The molecule has 0 saturated carbocycles. The van der Waals surface area contributed by atoms with Crippen molar-refractivity contribution < 1.29 is 22.4 Å². The fourth-order valence-corrected chi connectivity index (χ4v) is 2.90. The molecule has 1 aliphatic rings. The van der Waals surface area contributed by atoms with E-state index in [1.807, 2.05) is 4.90 Å². The molecule has 0 aromatic heterocycles. The van der Waals surface area contributed by atoms with Crippen LogP contribution in [0.4, 0.5) is 17.6 Å². The standard InChI is InChI=1S/C16H21F4N3O/c17-14-4-3-11(8-13(14)16(18,19)20)9-23-7-1-2-12(10-23)15(24)22-6-5-21/h3-4,8,12H,1-2,5-7,9-10,21H2,(H,22,24). The molecule has 24 heavy (non-hydrogen) atoms. The van der Waals surface area contributed by atoms with Gasteiger partial charge in [0.1, 0.15) is 5.82 Å². The highest BCUT2D eigenvalue weighted by Gasteiger charge is 2.34. The number of rotatable bonds is 5. The fraction of sp³-hybridized carbons (Fsp3) is 0.562. The highest BCUT2D eigenvalue weighted by molar-refractivity contribution is 5.78. The second-order valence-electron chi connectivity index (χ2n) is 5.97. The number of carbonyl (C=O) groups is 1. The van der Waals surface area contributed by atoms with Crippen LogP contribution >= 0.6 is 0 Å². The maximum atomic E-state index is 13.3. The highest BCUT2D eigenvalue weighted by Crippen LogP contribution is 2.32. The van der Waals surface area contributed by atoms with Crippen molar-refractivity contribution in [2.24, 2.45) is 11.7 Å². The lowest BCUT2D eigenvalue weighted by Gasteiger charge is -2.32. The fourth-order valence-electron chi connectivity index (χ4n) is 2.90. The van der Waals surface area contributed by atoms with Crippen molar-refractivity contribution in [2.45, 2.75) is 25.6 Å². The summed E-state index contributed by atoms with van der Waals surface area (Å²) in [6.45, 7) is 2.18. The maximum Gasteiger partial charge on any atom is 0.419 e. The summed E-state index contributed by atoms with van der Waals surface area (Å²) < 4.78 is 51.7. The summed E-state index contributed by atoms with van der Waals surface area (Å²) in [6, 6.07) is 3.03. The minimum atomic E-state index is -4.72. The molecule has 2 rings (SSSR count). The van der Waals surface area contributed by atoms with Crippen LogP contribution < -0.4 is 11.1 Å². The predicted octanol–water partition coefficient (Wildman–Crippen LogP) is 2.13. The first-order chi connectivity index (χ1) is 11.3. The van der Waals surface area contributed by atoms with E-state index in [0.29, 0.717) is 31.7 Å². The van der Waals surface area contributed by atoms with Crippen LogP contribution in [0.25, 0.3) is 0 Å². The van der Waals surface area contributed by atoms with E-state index in [4.69, 9.17) is 5.73 Å². The third-order valence-corrected chi connectivity index (χ3v) is 4.06. The largest absolute Gasteiger partial charge is 0.419 e. The van der Waals surface area contributed by atoms with Crippen LogP contribution in [-0.4, -0.2) is 37.0 Å². The van der Waals surface area contributed by atoms with Crippen molar-refractivity contribution in [3.8, 4) is 0 Å². The number of piperidine rings is 1. The first kappa shape index (κ1) is 18.7. The van der Waals surface area contributed by atoms with Gasteiger partial charge in [-0.15, -0.1) is 0 Å². The van der Waals surface area contributed by atoms with Crippen LogP contribution in [0.2, 0.25) is 0 Å². The Kier molecular flexibility index (Phi) is 6.17. The van der Waals surface area contributed by atoms with Gasteiger partial charge in [-0.2, -0.15) is 13.2 Å². The molecule has 1 heterocycles. The molecular formula is C16H21F4N3O. The molecule has 1 atom stereocenters. The maximum absolute atomic E-state index is 13.3. The van der Waals surface area contributed by atoms with Gasteiger partial charge in [-0.25, -0.2) is 4.39 Å². The third-order valence-electron chi connectivity index (χ3n) is 4.06. The number of nitrogens with zero attached hydrogens (tertiary/aromatic N) is 1. The molecular weight excluding hydrogens is 326 g/mol. The first-order valence-electron chi connectivity index (χ1n) is 7.87. The van der Waals surface area contributed by atoms with Crippen LogP contribution in [0.3, 0.4) is 0 Å². The second kappa shape index (κ2) is 7.94. The zero-order valence-electron chi connectivity index (χ0n) is 13.2. The minimum Gasteiger partial charge on any atom is -0.355 e. The molecule has 1 unspecified atom stereocenters. The molecule has 3 N–H and O–H groups in total. The normalized spacial score (nSPS) is 19.3. The number of hydrogen-bond donors (Lipinski definition) is 2. The van der Waals surface area contributed by atoms with Crippen LogP contribution in [0.5, 0.6) is 0 Å². The lowest BCUT2D eigenvalue weighted by molar-refractivity contribution is -0.140.